The largest absolute Gasteiger partial charge is 0.480 e. The Morgan fingerprint density at radius 1 is 0.609 bits per heavy atom. The molecule has 27 heteroatoms. The number of benzene rings is 1. The number of primary amides is 2. The molecule has 0 saturated heterocycles. The predicted octanol–water partition coefficient (Wildman–Crippen LogP) is -4.28. The number of amides is 10. The second-order valence-corrected chi connectivity index (χ2v) is 18.0. The van der Waals surface area contributed by atoms with Crippen LogP contribution in [0.25, 0.3) is 0 Å². The van der Waals surface area contributed by atoms with Crippen molar-refractivity contribution in [2.75, 3.05) is 30.1 Å². The molecule has 69 heavy (non-hydrogen) atoms. The van der Waals surface area contributed by atoms with Gasteiger partial charge in [-0.25, -0.2) is 4.79 Å². The number of carboxylic acid groups (broad SMARTS) is 1. The summed E-state index contributed by atoms with van der Waals surface area (Å²) in [5.74, 6) is -10.5. The maximum Gasteiger partial charge on any atom is 0.327 e. The summed E-state index contributed by atoms with van der Waals surface area (Å²) in [5, 5.41) is 39.1. The Morgan fingerprint density at radius 2 is 1.09 bits per heavy atom. The molecule has 0 heterocycles. The number of thiol groups is 2. The minimum absolute atomic E-state index is 0.00987. The van der Waals surface area contributed by atoms with E-state index in [2.05, 4.69) is 67.8 Å². The summed E-state index contributed by atoms with van der Waals surface area (Å²) in [5.41, 5.74) is 16.9. The average Bonchev–Trinajstić information content (AvgIpc) is 3.29. The van der Waals surface area contributed by atoms with E-state index in [4.69, 9.17) is 17.2 Å². The topological polar surface area (TPSA) is 403 Å². The van der Waals surface area contributed by atoms with E-state index < -0.39 is 139 Å². The minimum Gasteiger partial charge on any atom is -0.480 e. The fourth-order valence-corrected chi connectivity index (χ4v) is 7.08. The lowest BCUT2D eigenvalue weighted by Gasteiger charge is -2.27. The molecule has 9 atom stereocenters. The molecule has 0 aliphatic carbocycles. The van der Waals surface area contributed by atoms with Gasteiger partial charge in [0.1, 0.15) is 42.3 Å². The number of aliphatic hydroxyl groups excluding tert-OH is 1. The fraction of sp³-hybridized carbons (Fsp3) is 0.595. The molecule has 0 bridgehead atoms. The molecule has 0 aliphatic heterocycles. The number of hydrogen-bond acceptors (Lipinski definition) is 16. The van der Waals surface area contributed by atoms with E-state index in [-0.39, 0.29) is 49.5 Å². The molecule has 386 valence electrons. The van der Waals surface area contributed by atoms with Gasteiger partial charge in [0, 0.05) is 30.8 Å². The Kier molecular flexibility index (Phi) is 28.7. The molecular weight excluding hydrogens is 963 g/mol. The van der Waals surface area contributed by atoms with Crippen LogP contribution in [0.4, 0.5) is 0 Å². The molecule has 0 unspecified atom stereocenters. The Hall–Kier alpha value is -5.64. The van der Waals surface area contributed by atoms with Crippen molar-refractivity contribution >= 4 is 102 Å². The summed E-state index contributed by atoms with van der Waals surface area (Å²) in [6.45, 7) is 4.09. The molecule has 0 spiro atoms. The third-order valence-electron chi connectivity index (χ3n) is 9.96. The van der Waals surface area contributed by atoms with E-state index in [1.165, 1.54) is 18.7 Å². The van der Waals surface area contributed by atoms with Crippen molar-refractivity contribution in [3.63, 3.8) is 0 Å². The van der Waals surface area contributed by atoms with Crippen molar-refractivity contribution in [3.8, 4) is 0 Å². The number of carbonyl (C=O) groups excluding carboxylic acids is 10. The Balaban J connectivity index is 3.36. The quantitative estimate of drug-likeness (QED) is 0.0297. The number of thioether (sulfide) groups is 1. The van der Waals surface area contributed by atoms with E-state index in [9.17, 15) is 63.0 Å². The lowest BCUT2D eigenvalue weighted by atomic mass is 10.0. The van der Waals surface area contributed by atoms with Crippen molar-refractivity contribution in [3.05, 3.63) is 35.9 Å². The molecular formula is C42H67N11O13S3. The van der Waals surface area contributed by atoms with Gasteiger partial charge in [-0.15, -0.1) is 0 Å². The number of rotatable bonds is 33. The van der Waals surface area contributed by atoms with Gasteiger partial charge < -0.3 is 69.9 Å². The van der Waals surface area contributed by atoms with E-state index in [1.54, 1.807) is 50.4 Å². The molecule has 0 radical (unpaired) electrons. The molecule has 24 nitrogen and oxygen atoms in total. The SMILES string of the molecule is CSCC[C@H](NC(=O)CNC(=O)[C@H](CC(C)C)NC(=O)[C@@H](NC(=O)[C@@H](N)CS)[C@@H](C)O)C(=O)N[C@@H](CCC(N)=O)C(=O)N[C@@H](Cc1ccccc1)C(=O)N[C@@H](CCC(N)=O)C(=O)N[C@@H](CS)C(=O)O. The van der Waals surface area contributed by atoms with Crippen LogP contribution in [0.2, 0.25) is 0 Å². The zero-order valence-electron chi connectivity index (χ0n) is 38.9. The molecule has 1 aromatic carbocycles. The lowest BCUT2D eigenvalue weighted by Crippen LogP contribution is -2.60. The summed E-state index contributed by atoms with van der Waals surface area (Å²) >= 11 is 9.21. The van der Waals surface area contributed by atoms with E-state index >= 15 is 0 Å². The van der Waals surface area contributed by atoms with Gasteiger partial charge in [0.25, 0.3) is 0 Å². The van der Waals surface area contributed by atoms with Crippen LogP contribution in [0.15, 0.2) is 30.3 Å². The fourth-order valence-electron chi connectivity index (χ4n) is 6.20. The number of nitrogens with one attached hydrogen (secondary N) is 8. The molecule has 0 fully saturated rings. The zero-order valence-corrected chi connectivity index (χ0v) is 41.5. The molecule has 1 aromatic rings. The standard InChI is InChI=1S/C42H67N11O13S3/c1-21(2)16-28(51-41(64)34(22(3)54)53-35(58)24(43)19-67)36(59)46-18-33(57)47-27(14-15-69-4)39(62)48-25(10-12-31(44)55)37(60)50-29(17-23-8-6-5-7-9-23)40(63)49-26(11-13-32(45)56)38(61)52-30(20-68)42(65)66/h5-9,21-22,24-30,34,54,67-68H,10-20,43H2,1-4H3,(H2,44,55)(H2,45,56)(H,46,59)(H,47,57)(H,48,62)(H,49,63)(H,50,60)(H,51,64)(H,52,61)(H,53,58)(H,65,66)/t22-,24+,25+,26+,27+,28+,29+,30+,34+/m1/s1. The first-order chi connectivity index (χ1) is 32.4. The van der Waals surface area contributed by atoms with Gasteiger partial charge >= 0.3 is 5.97 Å². The minimum atomic E-state index is -1.55. The number of hydrogen-bond donors (Lipinski definition) is 15. The first-order valence-corrected chi connectivity index (χ1v) is 24.5. The molecule has 0 saturated carbocycles. The lowest BCUT2D eigenvalue weighted by molar-refractivity contribution is -0.141. The molecule has 10 amide bonds. The number of nitrogens with two attached hydrogens (primary N) is 3. The van der Waals surface area contributed by atoms with Crippen LogP contribution >= 0.6 is 37.0 Å². The Labute approximate surface area is 415 Å². The van der Waals surface area contributed by atoms with Gasteiger partial charge in [0.2, 0.25) is 59.1 Å². The first kappa shape index (κ1) is 61.4. The van der Waals surface area contributed by atoms with Crippen LogP contribution in [-0.2, 0) is 59.2 Å². The third-order valence-corrected chi connectivity index (χ3v) is 11.4. The highest BCUT2D eigenvalue weighted by molar-refractivity contribution is 7.98. The predicted molar refractivity (Wildman–Crippen MR) is 261 cm³/mol. The zero-order chi connectivity index (χ0) is 52.4. The van der Waals surface area contributed by atoms with Gasteiger partial charge in [-0.3, -0.25) is 47.9 Å². The second-order valence-electron chi connectivity index (χ2n) is 16.3. The third kappa shape index (κ3) is 24.0. The molecule has 0 aliphatic rings. The monoisotopic (exact) mass is 1030 g/mol. The van der Waals surface area contributed by atoms with E-state index in [0.717, 1.165) is 0 Å². The summed E-state index contributed by atoms with van der Waals surface area (Å²) in [6.07, 6.45) is -1.31. The van der Waals surface area contributed by atoms with Crippen LogP contribution in [0.1, 0.15) is 64.9 Å². The molecule has 16 N–H and O–H groups in total. The number of carboxylic acids is 1. The summed E-state index contributed by atoms with van der Waals surface area (Å²) < 4.78 is 0. The second kappa shape index (κ2) is 32.2. The summed E-state index contributed by atoms with van der Waals surface area (Å²) in [4.78, 5) is 142. The van der Waals surface area contributed by atoms with Gasteiger partial charge in [0.15, 0.2) is 0 Å². The van der Waals surface area contributed by atoms with Crippen LogP contribution in [0.3, 0.4) is 0 Å². The van der Waals surface area contributed by atoms with Crippen LogP contribution < -0.4 is 59.7 Å². The average molecular weight is 1030 g/mol. The molecule has 0 aromatic heterocycles. The first-order valence-electron chi connectivity index (χ1n) is 21.8. The number of aliphatic hydroxyl groups is 1. The van der Waals surface area contributed by atoms with Crippen molar-refractivity contribution < 1.29 is 63.0 Å². The van der Waals surface area contributed by atoms with Crippen LogP contribution in [0.5, 0.6) is 0 Å². The van der Waals surface area contributed by atoms with Gasteiger partial charge in [-0.05, 0) is 56.1 Å². The van der Waals surface area contributed by atoms with Crippen molar-refractivity contribution in [1.29, 1.82) is 0 Å². The summed E-state index contributed by atoms with van der Waals surface area (Å²) in [6, 6.07) is -2.85. The highest BCUT2D eigenvalue weighted by atomic mass is 32.2. The van der Waals surface area contributed by atoms with Crippen LogP contribution in [0, 0.1) is 5.92 Å². The maximum atomic E-state index is 14.0. The van der Waals surface area contributed by atoms with E-state index in [0.29, 0.717) is 11.3 Å². The van der Waals surface area contributed by atoms with Gasteiger partial charge in [-0.2, -0.15) is 37.0 Å². The van der Waals surface area contributed by atoms with E-state index in [1.807, 2.05) is 0 Å². The smallest absolute Gasteiger partial charge is 0.327 e. The number of aliphatic carboxylic acids is 1. The normalized spacial score (nSPS) is 14.9. The molecule has 1 rings (SSSR count). The highest BCUT2D eigenvalue weighted by Crippen LogP contribution is 2.10. The maximum absolute atomic E-state index is 14.0. The Morgan fingerprint density at radius 3 is 1.54 bits per heavy atom. The summed E-state index contributed by atoms with van der Waals surface area (Å²) in [7, 11) is 0. The Bertz CT molecular complexity index is 1930. The van der Waals surface area contributed by atoms with Crippen molar-refractivity contribution in [2.45, 2.75) is 120 Å². The van der Waals surface area contributed by atoms with Gasteiger partial charge in [0.05, 0.1) is 18.7 Å². The van der Waals surface area contributed by atoms with Crippen molar-refractivity contribution in [1.82, 2.24) is 42.5 Å². The van der Waals surface area contributed by atoms with Gasteiger partial charge in [-0.1, -0.05) is 44.2 Å². The number of carbonyl (C=O) groups is 11. The van der Waals surface area contributed by atoms with Crippen molar-refractivity contribution in [2.24, 2.45) is 23.1 Å². The highest BCUT2D eigenvalue weighted by Gasteiger charge is 2.34. The van der Waals surface area contributed by atoms with Crippen LogP contribution in [-0.4, -0.2) is 160 Å².